The summed E-state index contributed by atoms with van der Waals surface area (Å²) < 4.78 is 11.8. The van der Waals surface area contributed by atoms with Crippen molar-refractivity contribution >= 4 is 0 Å². The van der Waals surface area contributed by atoms with Gasteiger partial charge in [0.2, 0.25) is 0 Å². The molecule has 0 aromatic heterocycles. The van der Waals surface area contributed by atoms with E-state index in [0.717, 1.165) is 25.2 Å². The molecule has 1 aromatic carbocycles. The van der Waals surface area contributed by atoms with Gasteiger partial charge in [0.05, 0.1) is 6.61 Å². The molecule has 1 saturated carbocycles. The molecule has 1 heterocycles. The molecule has 0 bridgehead atoms. The lowest BCUT2D eigenvalue weighted by molar-refractivity contribution is 0.00639. The van der Waals surface area contributed by atoms with Gasteiger partial charge in [-0.2, -0.15) is 0 Å². The molecule has 2 N–H and O–H groups in total. The lowest BCUT2D eigenvalue weighted by atomic mass is 9.69. The van der Waals surface area contributed by atoms with E-state index < -0.39 is 0 Å². The van der Waals surface area contributed by atoms with Gasteiger partial charge in [-0.1, -0.05) is 37.5 Å². The first-order valence-electron chi connectivity index (χ1n) is 8.38. The molecule has 0 spiro atoms. The summed E-state index contributed by atoms with van der Waals surface area (Å²) in [6.45, 7) is 2.30. The molecule has 1 aliphatic carbocycles. The minimum Gasteiger partial charge on any atom is -0.488 e. The van der Waals surface area contributed by atoms with Crippen LogP contribution in [0.5, 0.6) is 5.75 Å². The second kappa shape index (κ2) is 6.80. The Hall–Kier alpha value is -1.06. The monoisotopic (exact) mass is 289 g/mol. The first-order valence-corrected chi connectivity index (χ1v) is 8.38. The maximum absolute atomic E-state index is 6.29. The molecule has 2 aliphatic rings. The van der Waals surface area contributed by atoms with E-state index in [0.29, 0.717) is 13.2 Å². The topological polar surface area (TPSA) is 44.5 Å². The Kier molecular flexibility index (Phi) is 4.81. The minimum atomic E-state index is 0.115. The summed E-state index contributed by atoms with van der Waals surface area (Å²) >= 11 is 0. The minimum absolute atomic E-state index is 0.115. The highest BCUT2D eigenvalue weighted by Gasteiger charge is 2.35. The zero-order valence-corrected chi connectivity index (χ0v) is 12.9. The Labute approximate surface area is 127 Å². The summed E-state index contributed by atoms with van der Waals surface area (Å²) in [5, 5.41) is 0. The lowest BCUT2D eigenvalue weighted by Gasteiger charge is -2.38. The highest BCUT2D eigenvalue weighted by molar-refractivity contribution is 5.40. The van der Waals surface area contributed by atoms with Crippen LogP contribution in [0.2, 0.25) is 0 Å². The van der Waals surface area contributed by atoms with Gasteiger partial charge in [-0.05, 0) is 31.7 Å². The highest BCUT2D eigenvalue weighted by atomic mass is 16.5. The van der Waals surface area contributed by atoms with Crippen LogP contribution >= 0.6 is 0 Å². The second-order valence-corrected chi connectivity index (χ2v) is 6.50. The number of rotatable bonds is 4. The van der Waals surface area contributed by atoms with Crippen molar-refractivity contribution in [3.05, 3.63) is 29.8 Å². The molecule has 0 amide bonds. The molecule has 116 valence electrons. The van der Waals surface area contributed by atoms with Gasteiger partial charge in [0.1, 0.15) is 11.9 Å². The van der Waals surface area contributed by atoms with E-state index in [9.17, 15) is 0 Å². The number of hydrogen-bond acceptors (Lipinski definition) is 3. The predicted octanol–water partition coefficient (Wildman–Crippen LogP) is 3.41. The van der Waals surface area contributed by atoms with Crippen molar-refractivity contribution in [2.45, 2.75) is 56.5 Å². The maximum atomic E-state index is 6.29. The molecule has 1 aromatic rings. The largest absolute Gasteiger partial charge is 0.488 e. The smallest absolute Gasteiger partial charge is 0.123 e. The fourth-order valence-corrected chi connectivity index (χ4v) is 3.80. The van der Waals surface area contributed by atoms with Crippen molar-refractivity contribution in [3.63, 3.8) is 0 Å². The van der Waals surface area contributed by atoms with E-state index in [1.165, 1.54) is 37.7 Å². The molecule has 3 heteroatoms. The van der Waals surface area contributed by atoms with Crippen LogP contribution in [0.25, 0.3) is 0 Å². The molecule has 0 radical (unpaired) electrons. The molecule has 2 fully saturated rings. The first kappa shape index (κ1) is 14.9. The normalized spacial score (nSPS) is 25.5. The van der Waals surface area contributed by atoms with Crippen LogP contribution in [0.1, 0.15) is 50.5 Å². The van der Waals surface area contributed by atoms with Crippen molar-refractivity contribution < 1.29 is 9.47 Å². The third-order valence-electron chi connectivity index (χ3n) is 5.07. The van der Waals surface area contributed by atoms with Crippen molar-refractivity contribution in [2.75, 3.05) is 19.8 Å². The average Bonchev–Trinajstić information content (AvgIpc) is 2.57. The number of hydrogen-bond donors (Lipinski definition) is 1. The molecule has 1 unspecified atom stereocenters. The van der Waals surface area contributed by atoms with Crippen LogP contribution in [0.15, 0.2) is 24.3 Å². The quantitative estimate of drug-likeness (QED) is 0.924. The van der Waals surface area contributed by atoms with Gasteiger partial charge in [0, 0.05) is 24.1 Å². The van der Waals surface area contributed by atoms with Gasteiger partial charge in [-0.25, -0.2) is 0 Å². The molecule has 3 nitrogen and oxygen atoms in total. The van der Waals surface area contributed by atoms with E-state index in [1.807, 2.05) is 0 Å². The molecule has 1 aliphatic heterocycles. The van der Waals surface area contributed by atoms with Crippen LogP contribution in [-0.4, -0.2) is 25.9 Å². The van der Waals surface area contributed by atoms with Crippen LogP contribution in [-0.2, 0) is 10.2 Å². The van der Waals surface area contributed by atoms with E-state index in [2.05, 4.69) is 24.3 Å². The number of ether oxygens (including phenoxy) is 2. The Bertz CT molecular complexity index is 448. The van der Waals surface area contributed by atoms with Crippen LogP contribution in [0.3, 0.4) is 0 Å². The average molecular weight is 289 g/mol. The molecular formula is C18H27NO2. The van der Waals surface area contributed by atoms with E-state index in [-0.39, 0.29) is 11.5 Å². The third-order valence-corrected chi connectivity index (χ3v) is 5.07. The highest BCUT2D eigenvalue weighted by Crippen LogP contribution is 2.42. The van der Waals surface area contributed by atoms with Crippen molar-refractivity contribution in [3.8, 4) is 5.75 Å². The fraction of sp³-hybridized carbons (Fsp3) is 0.667. The summed E-state index contributed by atoms with van der Waals surface area (Å²) in [5.41, 5.74) is 7.62. The number of para-hydroxylation sites is 1. The summed E-state index contributed by atoms with van der Waals surface area (Å²) in [4.78, 5) is 0. The van der Waals surface area contributed by atoms with Gasteiger partial charge >= 0.3 is 0 Å². The Morgan fingerprint density at radius 2 is 1.95 bits per heavy atom. The summed E-state index contributed by atoms with van der Waals surface area (Å²) in [5.74, 6) is 1.03. The number of nitrogens with two attached hydrogens (primary N) is 1. The van der Waals surface area contributed by atoms with Crippen molar-refractivity contribution in [1.29, 1.82) is 0 Å². The Morgan fingerprint density at radius 3 is 2.67 bits per heavy atom. The predicted molar refractivity (Wildman–Crippen MR) is 84.7 cm³/mol. The summed E-state index contributed by atoms with van der Waals surface area (Å²) in [7, 11) is 0. The maximum Gasteiger partial charge on any atom is 0.123 e. The standard InChI is InChI=1S/C18H27NO2/c19-14-18(10-4-1-5-11-18)16-8-2-3-9-17(16)21-15-7-6-12-20-13-15/h2-3,8-9,15H,1,4-7,10-14,19H2. The van der Waals surface area contributed by atoms with Gasteiger partial charge in [0.25, 0.3) is 0 Å². The Morgan fingerprint density at radius 1 is 1.14 bits per heavy atom. The first-order chi connectivity index (χ1) is 10.3. The lowest BCUT2D eigenvalue weighted by Crippen LogP contribution is -2.38. The van der Waals surface area contributed by atoms with E-state index in [1.54, 1.807) is 0 Å². The molecule has 1 saturated heterocycles. The van der Waals surface area contributed by atoms with Crippen molar-refractivity contribution in [2.24, 2.45) is 5.73 Å². The SMILES string of the molecule is NCC1(c2ccccc2OC2CCCOC2)CCCCC1. The van der Waals surface area contributed by atoms with Gasteiger partial charge < -0.3 is 15.2 Å². The molecule has 3 rings (SSSR count). The van der Waals surface area contributed by atoms with Crippen molar-refractivity contribution in [1.82, 2.24) is 0 Å². The van der Waals surface area contributed by atoms with Crippen LogP contribution in [0, 0.1) is 0 Å². The zero-order valence-electron chi connectivity index (χ0n) is 12.9. The summed E-state index contributed by atoms with van der Waals surface area (Å²) in [6, 6.07) is 8.51. The van der Waals surface area contributed by atoms with Gasteiger partial charge in [-0.3, -0.25) is 0 Å². The Balaban J connectivity index is 1.83. The molecule has 21 heavy (non-hydrogen) atoms. The molecule has 1 atom stereocenters. The second-order valence-electron chi connectivity index (χ2n) is 6.50. The van der Waals surface area contributed by atoms with E-state index in [4.69, 9.17) is 15.2 Å². The molecular weight excluding hydrogens is 262 g/mol. The third kappa shape index (κ3) is 3.24. The van der Waals surface area contributed by atoms with Crippen LogP contribution < -0.4 is 10.5 Å². The van der Waals surface area contributed by atoms with Crippen LogP contribution in [0.4, 0.5) is 0 Å². The van der Waals surface area contributed by atoms with E-state index >= 15 is 0 Å². The zero-order chi connectivity index (χ0) is 14.5. The fourth-order valence-electron chi connectivity index (χ4n) is 3.80. The van der Waals surface area contributed by atoms with Gasteiger partial charge in [-0.15, -0.1) is 0 Å². The number of benzene rings is 1. The summed E-state index contributed by atoms with van der Waals surface area (Å²) in [6.07, 6.45) is 8.63. The van der Waals surface area contributed by atoms with Gasteiger partial charge in [0.15, 0.2) is 0 Å².